The van der Waals surface area contributed by atoms with Crippen molar-refractivity contribution in [3.05, 3.63) is 146 Å². The molecule has 0 fully saturated rings. The SMILES string of the molecule is c1ccc2cc(-c3nc(-c4cccc5c4oc4cc6ccccc6cc45)nc(-n4c5ccccc5c5ccccc54)n3)ccc2c1. The van der Waals surface area contributed by atoms with Crippen LogP contribution in [0.25, 0.3) is 94.0 Å². The molecule has 0 unspecified atom stereocenters. The maximum Gasteiger partial charge on any atom is 0.238 e. The van der Waals surface area contributed by atoms with Gasteiger partial charge in [-0.15, -0.1) is 0 Å². The molecule has 5 heteroatoms. The van der Waals surface area contributed by atoms with Crippen LogP contribution in [0.1, 0.15) is 0 Å². The summed E-state index contributed by atoms with van der Waals surface area (Å²) in [6.45, 7) is 0. The second-order valence-corrected chi connectivity index (χ2v) is 11.7. The lowest BCUT2D eigenvalue weighted by atomic mass is 10.0. The van der Waals surface area contributed by atoms with Gasteiger partial charge < -0.3 is 4.42 Å². The molecular weight excluding hydrogens is 564 g/mol. The monoisotopic (exact) mass is 588 g/mol. The number of hydrogen-bond donors (Lipinski definition) is 0. The molecule has 46 heavy (non-hydrogen) atoms. The van der Waals surface area contributed by atoms with Crippen molar-refractivity contribution in [2.24, 2.45) is 0 Å². The van der Waals surface area contributed by atoms with Crippen LogP contribution in [-0.2, 0) is 0 Å². The van der Waals surface area contributed by atoms with Gasteiger partial charge in [-0.1, -0.05) is 109 Å². The topological polar surface area (TPSA) is 56.7 Å². The molecule has 7 aromatic carbocycles. The highest BCUT2D eigenvalue weighted by Gasteiger charge is 2.20. The Morgan fingerprint density at radius 2 is 1.04 bits per heavy atom. The summed E-state index contributed by atoms with van der Waals surface area (Å²) in [4.78, 5) is 15.5. The maximum absolute atomic E-state index is 6.61. The first-order chi connectivity index (χ1) is 22.8. The van der Waals surface area contributed by atoms with Crippen LogP contribution < -0.4 is 0 Å². The number of furan rings is 1. The van der Waals surface area contributed by atoms with Crippen molar-refractivity contribution >= 4 is 65.3 Å². The summed E-state index contributed by atoms with van der Waals surface area (Å²) >= 11 is 0. The molecule has 0 spiro atoms. The first kappa shape index (κ1) is 25.0. The highest BCUT2D eigenvalue weighted by Crippen LogP contribution is 2.38. The van der Waals surface area contributed by atoms with Crippen molar-refractivity contribution in [3.8, 4) is 28.7 Å². The summed E-state index contributed by atoms with van der Waals surface area (Å²) in [5.74, 6) is 1.72. The highest BCUT2D eigenvalue weighted by molar-refractivity contribution is 6.13. The Morgan fingerprint density at radius 3 is 1.80 bits per heavy atom. The molecule has 0 saturated heterocycles. The van der Waals surface area contributed by atoms with Crippen LogP contribution in [0.5, 0.6) is 0 Å². The first-order valence-electron chi connectivity index (χ1n) is 15.4. The maximum atomic E-state index is 6.61. The lowest BCUT2D eigenvalue weighted by Gasteiger charge is -2.11. The van der Waals surface area contributed by atoms with Gasteiger partial charge in [-0.3, -0.25) is 4.57 Å². The standard InChI is InChI=1S/C41H24N4O/c1-2-11-26-22-29(21-20-25(26)10-1)39-42-40(44-41(43-39)45-35-18-7-5-14-30(35)31-15-6-8-19-36(31)45)33-17-9-16-32-34-23-27-12-3-4-13-28(27)24-37(34)46-38(32)33/h1-24H. The Kier molecular flexibility index (Phi) is 5.22. The van der Waals surface area contributed by atoms with E-state index >= 15 is 0 Å². The summed E-state index contributed by atoms with van der Waals surface area (Å²) < 4.78 is 8.76. The second-order valence-electron chi connectivity index (χ2n) is 11.7. The number of fused-ring (bicyclic) bond motifs is 8. The lowest BCUT2D eigenvalue weighted by Crippen LogP contribution is -2.06. The smallest absolute Gasteiger partial charge is 0.238 e. The molecule has 0 atom stereocenters. The number of aromatic nitrogens is 4. The van der Waals surface area contributed by atoms with Crippen LogP contribution in [0.15, 0.2) is 150 Å². The van der Waals surface area contributed by atoms with Gasteiger partial charge >= 0.3 is 0 Å². The summed E-state index contributed by atoms with van der Waals surface area (Å²) in [5, 5.41) is 9.02. The van der Waals surface area contributed by atoms with Crippen LogP contribution in [0.4, 0.5) is 0 Å². The van der Waals surface area contributed by atoms with Gasteiger partial charge in [0.1, 0.15) is 11.2 Å². The Bertz CT molecular complexity index is 2770. The van der Waals surface area contributed by atoms with E-state index in [1.807, 2.05) is 6.07 Å². The quantitative estimate of drug-likeness (QED) is 0.206. The van der Waals surface area contributed by atoms with Gasteiger partial charge in [0.05, 0.1) is 16.6 Å². The van der Waals surface area contributed by atoms with Gasteiger partial charge in [-0.25, -0.2) is 4.98 Å². The number of benzene rings is 7. The number of nitrogens with zero attached hydrogens (tertiary/aromatic N) is 4. The van der Waals surface area contributed by atoms with Gasteiger partial charge in [0.25, 0.3) is 0 Å². The van der Waals surface area contributed by atoms with Crippen molar-refractivity contribution in [1.29, 1.82) is 0 Å². The molecule has 5 nitrogen and oxygen atoms in total. The van der Waals surface area contributed by atoms with Crippen molar-refractivity contribution in [2.75, 3.05) is 0 Å². The van der Waals surface area contributed by atoms with Gasteiger partial charge in [0.15, 0.2) is 11.6 Å². The van der Waals surface area contributed by atoms with Crippen LogP contribution in [0.2, 0.25) is 0 Å². The van der Waals surface area contributed by atoms with E-state index in [9.17, 15) is 0 Å². The highest BCUT2D eigenvalue weighted by atomic mass is 16.3. The van der Waals surface area contributed by atoms with Crippen LogP contribution in [0, 0.1) is 0 Å². The molecule has 0 amide bonds. The average molecular weight is 589 g/mol. The number of hydrogen-bond acceptors (Lipinski definition) is 4. The van der Waals surface area contributed by atoms with E-state index in [1.54, 1.807) is 0 Å². The largest absolute Gasteiger partial charge is 0.455 e. The first-order valence-corrected chi connectivity index (χ1v) is 15.4. The zero-order chi connectivity index (χ0) is 30.2. The average Bonchev–Trinajstić information content (AvgIpc) is 3.65. The van der Waals surface area contributed by atoms with E-state index in [0.29, 0.717) is 17.6 Å². The van der Waals surface area contributed by atoms with Crippen LogP contribution >= 0.6 is 0 Å². The molecule has 0 aliphatic heterocycles. The molecule has 0 aliphatic carbocycles. The predicted molar refractivity (Wildman–Crippen MR) is 187 cm³/mol. The molecule has 0 N–H and O–H groups in total. The summed E-state index contributed by atoms with van der Waals surface area (Å²) in [5.41, 5.74) is 5.43. The summed E-state index contributed by atoms with van der Waals surface area (Å²) in [6.07, 6.45) is 0. The van der Waals surface area contributed by atoms with Crippen molar-refractivity contribution < 1.29 is 4.42 Å². The molecule has 214 valence electrons. The summed E-state index contributed by atoms with van der Waals surface area (Å²) in [6, 6.07) is 50.4. The Balaban J connectivity index is 1.28. The van der Waals surface area contributed by atoms with E-state index in [1.165, 1.54) is 10.8 Å². The minimum absolute atomic E-state index is 0.559. The minimum Gasteiger partial charge on any atom is -0.455 e. The molecule has 0 bridgehead atoms. The van der Waals surface area contributed by atoms with Gasteiger partial charge in [0, 0.05) is 27.1 Å². The predicted octanol–water partition coefficient (Wildman–Crippen LogP) is 10.5. The fraction of sp³-hybridized carbons (Fsp3) is 0. The van der Waals surface area contributed by atoms with Gasteiger partial charge in [-0.05, 0) is 57.9 Å². The Morgan fingerprint density at radius 1 is 0.435 bits per heavy atom. The zero-order valence-electron chi connectivity index (χ0n) is 24.6. The fourth-order valence-electron chi connectivity index (χ4n) is 6.84. The molecule has 10 rings (SSSR count). The normalized spacial score (nSPS) is 11.9. The fourth-order valence-corrected chi connectivity index (χ4v) is 6.84. The van der Waals surface area contributed by atoms with Crippen molar-refractivity contribution in [2.45, 2.75) is 0 Å². The molecule has 0 aliphatic rings. The number of para-hydroxylation sites is 3. The zero-order valence-corrected chi connectivity index (χ0v) is 24.6. The van der Waals surface area contributed by atoms with E-state index in [2.05, 4.69) is 144 Å². The second kappa shape index (κ2) is 9.58. The van der Waals surface area contributed by atoms with Crippen molar-refractivity contribution in [1.82, 2.24) is 19.5 Å². The Labute approximate surface area is 263 Å². The third-order valence-electron chi connectivity index (χ3n) is 9.02. The van der Waals surface area contributed by atoms with Gasteiger partial charge in [0.2, 0.25) is 5.95 Å². The molecule has 0 radical (unpaired) electrons. The van der Waals surface area contributed by atoms with E-state index in [-0.39, 0.29) is 0 Å². The van der Waals surface area contributed by atoms with Crippen LogP contribution in [-0.4, -0.2) is 19.5 Å². The van der Waals surface area contributed by atoms with Crippen molar-refractivity contribution in [3.63, 3.8) is 0 Å². The van der Waals surface area contributed by atoms with Crippen LogP contribution in [0.3, 0.4) is 0 Å². The van der Waals surface area contributed by atoms with E-state index in [4.69, 9.17) is 19.4 Å². The molecule has 3 heterocycles. The Hall–Kier alpha value is -6.33. The molecule has 3 aromatic heterocycles. The molecule has 10 aromatic rings. The summed E-state index contributed by atoms with van der Waals surface area (Å²) in [7, 11) is 0. The lowest BCUT2D eigenvalue weighted by molar-refractivity contribution is 0.670. The molecule has 0 saturated carbocycles. The van der Waals surface area contributed by atoms with E-state index in [0.717, 1.165) is 65.6 Å². The third-order valence-corrected chi connectivity index (χ3v) is 9.02. The minimum atomic E-state index is 0.559. The number of rotatable bonds is 3. The third kappa shape index (κ3) is 3.72. The molecular formula is C41H24N4O. The van der Waals surface area contributed by atoms with E-state index < -0.39 is 0 Å². The van der Waals surface area contributed by atoms with Gasteiger partial charge in [-0.2, -0.15) is 9.97 Å².